The van der Waals surface area contributed by atoms with Gasteiger partial charge in [-0.2, -0.15) is 10.4 Å². The predicted octanol–water partition coefficient (Wildman–Crippen LogP) is 3.69. The van der Waals surface area contributed by atoms with E-state index in [0.29, 0.717) is 27.7 Å². The molecule has 0 radical (unpaired) electrons. The second-order valence-electron chi connectivity index (χ2n) is 5.88. The number of anilines is 1. The quantitative estimate of drug-likeness (QED) is 0.709. The smallest absolute Gasteiger partial charge is 0.259 e. The third kappa shape index (κ3) is 3.30. The van der Waals surface area contributed by atoms with Crippen LogP contribution >= 0.6 is 11.6 Å². The first-order valence-electron chi connectivity index (χ1n) is 7.88. The van der Waals surface area contributed by atoms with E-state index in [1.54, 1.807) is 42.1 Å². The number of aryl methyl sites for hydroxylation is 2. The molecule has 2 aromatic heterocycles. The SMILES string of the molecule is Cc1cc(C)n(-c2ccc(C(=O)N(C)c3cc(Cl)ccc3C#N)cn2)n1. The van der Waals surface area contributed by atoms with Gasteiger partial charge >= 0.3 is 0 Å². The van der Waals surface area contributed by atoms with E-state index in [9.17, 15) is 10.1 Å². The molecule has 3 rings (SSSR count). The Morgan fingerprint density at radius 1 is 1.23 bits per heavy atom. The van der Waals surface area contributed by atoms with Crippen molar-refractivity contribution in [3.8, 4) is 11.9 Å². The maximum Gasteiger partial charge on any atom is 0.259 e. The third-order valence-electron chi connectivity index (χ3n) is 3.97. The highest BCUT2D eigenvalue weighted by molar-refractivity contribution is 6.31. The van der Waals surface area contributed by atoms with Crippen molar-refractivity contribution in [3.05, 3.63) is 70.1 Å². The first kappa shape index (κ1) is 17.6. The van der Waals surface area contributed by atoms with Crippen LogP contribution < -0.4 is 4.90 Å². The van der Waals surface area contributed by atoms with Crippen LogP contribution in [0.2, 0.25) is 5.02 Å². The van der Waals surface area contributed by atoms with Crippen LogP contribution in [0.5, 0.6) is 0 Å². The van der Waals surface area contributed by atoms with Crippen molar-refractivity contribution in [2.45, 2.75) is 13.8 Å². The molecule has 0 aliphatic heterocycles. The van der Waals surface area contributed by atoms with Gasteiger partial charge < -0.3 is 4.90 Å². The number of nitrogens with zero attached hydrogens (tertiary/aromatic N) is 5. The van der Waals surface area contributed by atoms with Crippen LogP contribution in [0.1, 0.15) is 27.3 Å². The molecule has 130 valence electrons. The fourth-order valence-corrected chi connectivity index (χ4v) is 2.84. The summed E-state index contributed by atoms with van der Waals surface area (Å²) in [7, 11) is 1.60. The van der Waals surface area contributed by atoms with Gasteiger partial charge in [-0.05, 0) is 50.2 Å². The topological polar surface area (TPSA) is 74.8 Å². The van der Waals surface area contributed by atoms with Gasteiger partial charge in [-0.25, -0.2) is 9.67 Å². The van der Waals surface area contributed by atoms with Gasteiger partial charge in [0.15, 0.2) is 5.82 Å². The lowest BCUT2D eigenvalue weighted by Gasteiger charge is -2.19. The van der Waals surface area contributed by atoms with Crippen LogP contribution in [-0.2, 0) is 0 Å². The minimum atomic E-state index is -0.281. The van der Waals surface area contributed by atoms with Crippen molar-refractivity contribution in [2.75, 3.05) is 11.9 Å². The lowest BCUT2D eigenvalue weighted by molar-refractivity contribution is 0.0992. The minimum absolute atomic E-state index is 0.281. The Labute approximate surface area is 156 Å². The van der Waals surface area contributed by atoms with Gasteiger partial charge in [-0.3, -0.25) is 4.79 Å². The highest BCUT2D eigenvalue weighted by atomic mass is 35.5. The molecule has 0 fully saturated rings. The first-order chi connectivity index (χ1) is 12.4. The number of carbonyl (C=O) groups is 1. The molecule has 6 nitrogen and oxygen atoms in total. The van der Waals surface area contributed by atoms with Crippen LogP contribution in [0.4, 0.5) is 5.69 Å². The number of hydrogen-bond acceptors (Lipinski definition) is 4. The number of aromatic nitrogens is 3. The summed E-state index contributed by atoms with van der Waals surface area (Å²) in [5.74, 6) is 0.353. The van der Waals surface area contributed by atoms with E-state index >= 15 is 0 Å². The van der Waals surface area contributed by atoms with Crippen LogP contribution in [-0.4, -0.2) is 27.7 Å². The Morgan fingerprint density at radius 2 is 2.00 bits per heavy atom. The molecule has 0 unspecified atom stereocenters. The molecule has 0 saturated heterocycles. The van der Waals surface area contributed by atoms with Gasteiger partial charge in [0.2, 0.25) is 0 Å². The van der Waals surface area contributed by atoms with E-state index < -0.39 is 0 Å². The lowest BCUT2D eigenvalue weighted by atomic mass is 10.1. The van der Waals surface area contributed by atoms with Gasteiger partial charge in [0.25, 0.3) is 5.91 Å². The van der Waals surface area contributed by atoms with Crippen LogP contribution in [0.15, 0.2) is 42.6 Å². The molecule has 0 bridgehead atoms. The Kier molecular flexibility index (Phi) is 4.74. The summed E-state index contributed by atoms with van der Waals surface area (Å²) in [4.78, 5) is 18.5. The van der Waals surface area contributed by atoms with Crippen molar-refractivity contribution in [3.63, 3.8) is 0 Å². The van der Waals surface area contributed by atoms with Crippen molar-refractivity contribution < 1.29 is 4.79 Å². The average molecular weight is 366 g/mol. The van der Waals surface area contributed by atoms with Crippen LogP contribution in [0.25, 0.3) is 5.82 Å². The summed E-state index contributed by atoms with van der Waals surface area (Å²) in [6, 6.07) is 12.3. The zero-order valence-corrected chi connectivity index (χ0v) is 15.3. The van der Waals surface area contributed by atoms with Gasteiger partial charge in [0, 0.05) is 24.0 Å². The predicted molar refractivity (Wildman–Crippen MR) is 99.7 cm³/mol. The average Bonchev–Trinajstić information content (AvgIpc) is 2.98. The van der Waals surface area contributed by atoms with Gasteiger partial charge in [-0.15, -0.1) is 0 Å². The second-order valence-corrected chi connectivity index (χ2v) is 6.32. The molecule has 1 amide bonds. The van der Waals surface area contributed by atoms with Gasteiger partial charge in [0.05, 0.1) is 22.5 Å². The number of amides is 1. The van der Waals surface area contributed by atoms with E-state index in [1.165, 1.54) is 11.1 Å². The number of pyridine rings is 1. The molecule has 26 heavy (non-hydrogen) atoms. The summed E-state index contributed by atoms with van der Waals surface area (Å²) >= 11 is 6.00. The van der Waals surface area contributed by atoms with E-state index in [0.717, 1.165) is 11.4 Å². The monoisotopic (exact) mass is 365 g/mol. The summed E-state index contributed by atoms with van der Waals surface area (Å²) < 4.78 is 1.72. The summed E-state index contributed by atoms with van der Waals surface area (Å²) in [5.41, 5.74) is 3.09. The molecule has 0 saturated carbocycles. The molecule has 0 aliphatic rings. The van der Waals surface area contributed by atoms with E-state index in [-0.39, 0.29) is 5.91 Å². The molecule has 1 aromatic carbocycles. The molecular weight excluding hydrogens is 350 g/mol. The van der Waals surface area contributed by atoms with Crippen molar-refractivity contribution in [2.24, 2.45) is 0 Å². The van der Waals surface area contributed by atoms with Crippen molar-refractivity contribution in [1.82, 2.24) is 14.8 Å². The fraction of sp³-hybridized carbons (Fsp3) is 0.158. The van der Waals surface area contributed by atoms with E-state index in [4.69, 9.17) is 11.6 Å². The normalized spacial score (nSPS) is 10.4. The number of rotatable bonds is 3. The Balaban J connectivity index is 1.90. The highest BCUT2D eigenvalue weighted by Gasteiger charge is 2.18. The zero-order chi connectivity index (χ0) is 18.8. The summed E-state index contributed by atoms with van der Waals surface area (Å²) in [6.45, 7) is 3.85. The largest absolute Gasteiger partial charge is 0.310 e. The Hall–Kier alpha value is -3.17. The molecule has 3 aromatic rings. The van der Waals surface area contributed by atoms with Crippen molar-refractivity contribution in [1.29, 1.82) is 5.26 Å². The van der Waals surface area contributed by atoms with Gasteiger partial charge in [0.1, 0.15) is 6.07 Å². The minimum Gasteiger partial charge on any atom is -0.310 e. The Bertz CT molecular complexity index is 1020. The number of carbonyl (C=O) groups excluding carboxylic acids is 1. The molecule has 0 atom stereocenters. The molecule has 0 N–H and O–H groups in total. The Morgan fingerprint density at radius 3 is 2.58 bits per heavy atom. The van der Waals surface area contributed by atoms with Crippen molar-refractivity contribution >= 4 is 23.2 Å². The fourth-order valence-electron chi connectivity index (χ4n) is 2.68. The number of benzene rings is 1. The number of nitriles is 1. The third-order valence-corrected chi connectivity index (χ3v) is 4.20. The number of hydrogen-bond donors (Lipinski definition) is 0. The molecule has 0 spiro atoms. The van der Waals surface area contributed by atoms with E-state index in [1.807, 2.05) is 19.9 Å². The maximum absolute atomic E-state index is 12.8. The zero-order valence-electron chi connectivity index (χ0n) is 14.6. The lowest BCUT2D eigenvalue weighted by Crippen LogP contribution is -2.27. The first-order valence-corrected chi connectivity index (χ1v) is 8.26. The van der Waals surface area contributed by atoms with Gasteiger partial charge in [-0.1, -0.05) is 11.6 Å². The molecular formula is C19H16ClN5O. The summed E-state index contributed by atoms with van der Waals surface area (Å²) in [6.07, 6.45) is 1.50. The molecule has 0 aliphatic carbocycles. The van der Waals surface area contributed by atoms with Crippen LogP contribution in [0.3, 0.4) is 0 Å². The number of halogens is 1. The summed E-state index contributed by atoms with van der Waals surface area (Å²) in [5, 5.41) is 14.1. The molecule has 2 heterocycles. The molecule has 7 heteroatoms. The standard InChI is InChI=1S/C19H16ClN5O/c1-12-8-13(2)25(23-12)18-7-5-15(11-22-18)19(26)24(3)17-9-16(20)6-4-14(17)10-21/h4-9,11H,1-3H3. The van der Waals surface area contributed by atoms with E-state index in [2.05, 4.69) is 16.2 Å². The second kappa shape index (κ2) is 6.98. The highest BCUT2D eigenvalue weighted by Crippen LogP contribution is 2.25. The van der Waals surface area contributed by atoms with Crippen LogP contribution in [0, 0.1) is 25.2 Å². The maximum atomic E-state index is 12.8.